The minimum absolute atomic E-state index is 0.0396. The minimum Gasteiger partial charge on any atom is -0.477 e. The number of aromatic nitrogens is 1. The number of benzene rings is 1. The molecule has 19 heavy (non-hydrogen) atoms. The molecule has 0 atom stereocenters. The largest absolute Gasteiger partial charge is 0.477 e. The van der Waals surface area contributed by atoms with Crippen LogP contribution in [0.1, 0.15) is 10.4 Å². The summed E-state index contributed by atoms with van der Waals surface area (Å²) in [4.78, 5) is 16.8. The van der Waals surface area contributed by atoms with Crippen molar-refractivity contribution in [3.8, 4) is 11.5 Å². The van der Waals surface area contributed by atoms with Gasteiger partial charge in [0.05, 0.1) is 0 Å². The molecule has 1 aromatic heterocycles. The van der Waals surface area contributed by atoms with Gasteiger partial charge >= 0.3 is 5.97 Å². The monoisotopic (exact) mass is 258 g/mol. The maximum absolute atomic E-state index is 11.1. The predicted octanol–water partition coefficient (Wildman–Crippen LogP) is 2.64. The molecule has 0 unspecified atom stereocenters. The van der Waals surface area contributed by atoms with E-state index in [0.29, 0.717) is 5.75 Å². The zero-order valence-corrected chi connectivity index (χ0v) is 10.7. The van der Waals surface area contributed by atoms with E-state index in [2.05, 4.69) is 4.98 Å². The average molecular weight is 258 g/mol. The summed E-state index contributed by atoms with van der Waals surface area (Å²) in [6.45, 7) is 0. The average Bonchev–Trinajstić information content (AvgIpc) is 2.39. The Hall–Kier alpha value is -2.56. The summed E-state index contributed by atoms with van der Waals surface area (Å²) in [5.74, 6) is -0.204. The van der Waals surface area contributed by atoms with E-state index in [-0.39, 0.29) is 11.3 Å². The molecule has 0 saturated heterocycles. The van der Waals surface area contributed by atoms with Gasteiger partial charge in [-0.1, -0.05) is 6.07 Å². The lowest BCUT2D eigenvalue weighted by molar-refractivity contribution is 0.0693. The molecule has 0 aliphatic carbocycles. The summed E-state index contributed by atoms with van der Waals surface area (Å²) in [6.07, 6.45) is 2.77. The van der Waals surface area contributed by atoms with E-state index in [4.69, 9.17) is 9.84 Å². The molecule has 0 aliphatic heterocycles. The third kappa shape index (κ3) is 3.01. The first-order valence-corrected chi connectivity index (χ1v) is 5.70. The third-order valence-electron chi connectivity index (χ3n) is 2.57. The number of pyridine rings is 1. The Kier molecular flexibility index (Phi) is 3.66. The van der Waals surface area contributed by atoms with E-state index < -0.39 is 5.97 Å². The highest BCUT2D eigenvalue weighted by Gasteiger charge is 2.12. The molecule has 0 spiro atoms. The van der Waals surface area contributed by atoms with Crippen molar-refractivity contribution in [3.05, 3.63) is 48.3 Å². The van der Waals surface area contributed by atoms with Crippen LogP contribution in [0.3, 0.4) is 0 Å². The lowest BCUT2D eigenvalue weighted by atomic mass is 10.2. The number of carboxylic acid groups (broad SMARTS) is 1. The molecule has 0 aliphatic rings. The van der Waals surface area contributed by atoms with Crippen LogP contribution in [-0.2, 0) is 0 Å². The van der Waals surface area contributed by atoms with Crippen LogP contribution in [0.2, 0.25) is 0 Å². The second kappa shape index (κ2) is 5.39. The summed E-state index contributed by atoms with van der Waals surface area (Å²) >= 11 is 0. The molecule has 5 nitrogen and oxygen atoms in total. The maximum atomic E-state index is 11.1. The van der Waals surface area contributed by atoms with Crippen molar-refractivity contribution in [1.29, 1.82) is 0 Å². The number of ether oxygens (including phenoxy) is 1. The van der Waals surface area contributed by atoms with Gasteiger partial charge in [0.2, 0.25) is 0 Å². The van der Waals surface area contributed by atoms with Crippen molar-refractivity contribution in [2.24, 2.45) is 0 Å². The Morgan fingerprint density at radius 2 is 2.11 bits per heavy atom. The van der Waals surface area contributed by atoms with Crippen molar-refractivity contribution in [2.75, 3.05) is 19.0 Å². The van der Waals surface area contributed by atoms with Crippen molar-refractivity contribution >= 4 is 11.7 Å². The zero-order valence-electron chi connectivity index (χ0n) is 10.7. The Morgan fingerprint density at radius 3 is 2.79 bits per heavy atom. The third-order valence-corrected chi connectivity index (χ3v) is 2.57. The van der Waals surface area contributed by atoms with Crippen LogP contribution >= 0.6 is 0 Å². The lowest BCUT2D eigenvalue weighted by Crippen LogP contribution is -2.08. The number of rotatable bonds is 4. The fraction of sp³-hybridized carbons (Fsp3) is 0.143. The SMILES string of the molecule is CN(C)c1cccc(Oc2ccncc2C(=O)O)c1. The van der Waals surface area contributed by atoms with E-state index in [1.807, 2.05) is 37.2 Å². The summed E-state index contributed by atoms with van der Waals surface area (Å²) in [5, 5.41) is 9.06. The highest BCUT2D eigenvalue weighted by Crippen LogP contribution is 2.27. The molecule has 98 valence electrons. The minimum atomic E-state index is -1.06. The van der Waals surface area contributed by atoms with E-state index in [9.17, 15) is 4.79 Å². The molecular formula is C14H14N2O3. The van der Waals surface area contributed by atoms with E-state index >= 15 is 0 Å². The topological polar surface area (TPSA) is 62.7 Å². The van der Waals surface area contributed by atoms with Crippen molar-refractivity contribution < 1.29 is 14.6 Å². The molecule has 0 bridgehead atoms. The van der Waals surface area contributed by atoms with Crippen LogP contribution in [0, 0.1) is 0 Å². The van der Waals surface area contributed by atoms with Crippen molar-refractivity contribution in [2.45, 2.75) is 0 Å². The Bertz CT molecular complexity index is 597. The number of carboxylic acids is 1. The van der Waals surface area contributed by atoms with Crippen LogP contribution in [0.5, 0.6) is 11.5 Å². The van der Waals surface area contributed by atoms with E-state index in [1.165, 1.54) is 18.5 Å². The van der Waals surface area contributed by atoms with Gasteiger partial charge in [-0.3, -0.25) is 4.98 Å². The normalized spacial score (nSPS) is 10.0. The first-order valence-electron chi connectivity index (χ1n) is 5.70. The van der Waals surface area contributed by atoms with Gasteiger partial charge in [0, 0.05) is 44.3 Å². The Morgan fingerprint density at radius 1 is 1.32 bits per heavy atom. The van der Waals surface area contributed by atoms with Crippen LogP contribution in [-0.4, -0.2) is 30.2 Å². The first kappa shape index (κ1) is 12.9. The zero-order chi connectivity index (χ0) is 13.8. The number of carbonyl (C=O) groups is 1. The van der Waals surface area contributed by atoms with Gasteiger partial charge in [0.1, 0.15) is 17.1 Å². The van der Waals surface area contributed by atoms with E-state index in [0.717, 1.165) is 5.69 Å². The van der Waals surface area contributed by atoms with Gasteiger partial charge in [0.15, 0.2) is 0 Å². The molecule has 1 aromatic carbocycles. The van der Waals surface area contributed by atoms with Gasteiger partial charge < -0.3 is 14.7 Å². The quantitative estimate of drug-likeness (QED) is 0.913. The fourth-order valence-electron chi connectivity index (χ4n) is 1.58. The molecule has 2 aromatic rings. The number of hydrogen-bond donors (Lipinski definition) is 1. The number of hydrogen-bond acceptors (Lipinski definition) is 4. The van der Waals surface area contributed by atoms with Gasteiger partial charge in [0.25, 0.3) is 0 Å². The van der Waals surface area contributed by atoms with Crippen LogP contribution < -0.4 is 9.64 Å². The highest BCUT2D eigenvalue weighted by molar-refractivity contribution is 5.90. The molecule has 1 heterocycles. The Labute approximate surface area is 111 Å². The second-order valence-corrected chi connectivity index (χ2v) is 4.17. The maximum Gasteiger partial charge on any atom is 0.341 e. The molecule has 2 rings (SSSR count). The highest BCUT2D eigenvalue weighted by atomic mass is 16.5. The van der Waals surface area contributed by atoms with Gasteiger partial charge in [-0.15, -0.1) is 0 Å². The van der Waals surface area contributed by atoms with Gasteiger partial charge in [-0.25, -0.2) is 4.79 Å². The summed E-state index contributed by atoms with van der Waals surface area (Å²) in [5.41, 5.74) is 1.01. The molecule has 5 heteroatoms. The standard InChI is InChI=1S/C14H14N2O3/c1-16(2)10-4-3-5-11(8-10)19-13-6-7-15-9-12(13)14(17)18/h3-9H,1-2H3,(H,17,18). The smallest absolute Gasteiger partial charge is 0.341 e. The van der Waals surface area contributed by atoms with Gasteiger partial charge in [-0.2, -0.15) is 0 Å². The summed E-state index contributed by atoms with van der Waals surface area (Å²) < 4.78 is 5.61. The van der Waals surface area contributed by atoms with Crippen molar-refractivity contribution in [3.63, 3.8) is 0 Å². The summed E-state index contributed by atoms with van der Waals surface area (Å²) in [7, 11) is 3.85. The predicted molar refractivity (Wildman–Crippen MR) is 72.0 cm³/mol. The molecule has 0 amide bonds. The molecule has 0 fully saturated rings. The second-order valence-electron chi connectivity index (χ2n) is 4.17. The Balaban J connectivity index is 2.31. The van der Waals surface area contributed by atoms with Crippen molar-refractivity contribution in [1.82, 2.24) is 4.98 Å². The molecule has 0 radical (unpaired) electrons. The molecule has 1 N–H and O–H groups in total. The van der Waals surface area contributed by atoms with E-state index in [1.54, 1.807) is 6.07 Å². The number of nitrogens with zero attached hydrogens (tertiary/aromatic N) is 2. The lowest BCUT2D eigenvalue weighted by Gasteiger charge is -2.14. The van der Waals surface area contributed by atoms with Gasteiger partial charge in [-0.05, 0) is 12.1 Å². The van der Waals surface area contributed by atoms with Crippen LogP contribution in [0.15, 0.2) is 42.7 Å². The molecular weight excluding hydrogens is 244 g/mol. The first-order chi connectivity index (χ1) is 9.08. The van der Waals surface area contributed by atoms with Crippen LogP contribution in [0.4, 0.5) is 5.69 Å². The fourth-order valence-corrected chi connectivity index (χ4v) is 1.58. The number of anilines is 1. The van der Waals surface area contributed by atoms with Crippen LogP contribution in [0.25, 0.3) is 0 Å². The summed E-state index contributed by atoms with van der Waals surface area (Å²) in [6, 6.07) is 8.95. The number of aromatic carboxylic acids is 1. The molecule has 0 saturated carbocycles.